The molecule has 3 aromatic rings. The minimum Gasteiger partial charge on any atom is -0.463 e. The molecule has 0 radical (unpaired) electrons. The molecule has 0 N–H and O–H groups in total. The standard InChI is InChI=1S/C23H17BrCl2N2O/c1-13-2-4-14(5-3-13)20-12-21-18-10-17(25)11-19(26)22(18)29-23(28(21)27-20)15-6-8-16(24)9-7-15/h2-11,21,23H,12H2,1H3/t21-,23-/m0/s1. The van der Waals surface area contributed by atoms with Gasteiger partial charge in [-0.3, -0.25) is 0 Å². The highest BCUT2D eigenvalue weighted by atomic mass is 79.9. The van der Waals surface area contributed by atoms with Crippen LogP contribution in [0.2, 0.25) is 10.0 Å². The van der Waals surface area contributed by atoms with Crippen molar-refractivity contribution < 1.29 is 4.74 Å². The lowest BCUT2D eigenvalue weighted by Crippen LogP contribution is -2.33. The van der Waals surface area contributed by atoms with E-state index in [1.54, 1.807) is 6.07 Å². The van der Waals surface area contributed by atoms with Crippen LogP contribution in [0.3, 0.4) is 0 Å². The van der Waals surface area contributed by atoms with E-state index in [1.165, 1.54) is 5.56 Å². The zero-order chi connectivity index (χ0) is 20.1. The SMILES string of the molecule is Cc1ccc(C2=NN3[C@@H](C2)c2cc(Cl)cc(Cl)c2O[C@H]3c2ccc(Br)cc2)cc1. The number of hydrazone groups is 1. The molecule has 0 aliphatic carbocycles. The highest BCUT2D eigenvalue weighted by molar-refractivity contribution is 9.10. The van der Waals surface area contributed by atoms with Gasteiger partial charge in [-0.25, -0.2) is 5.01 Å². The highest BCUT2D eigenvalue weighted by Crippen LogP contribution is 2.50. The molecule has 0 saturated carbocycles. The Labute approximate surface area is 188 Å². The van der Waals surface area contributed by atoms with Crippen LogP contribution in [-0.4, -0.2) is 10.7 Å². The van der Waals surface area contributed by atoms with Gasteiger partial charge in [-0.15, -0.1) is 0 Å². The smallest absolute Gasteiger partial charge is 0.213 e. The number of nitrogens with zero attached hydrogens (tertiary/aromatic N) is 2. The second-order valence-corrected chi connectivity index (χ2v) is 9.10. The Hall–Kier alpha value is -2.01. The van der Waals surface area contributed by atoms with E-state index >= 15 is 0 Å². The van der Waals surface area contributed by atoms with Crippen molar-refractivity contribution in [3.63, 3.8) is 0 Å². The zero-order valence-electron chi connectivity index (χ0n) is 15.6. The van der Waals surface area contributed by atoms with Crippen molar-refractivity contribution in [3.8, 4) is 5.75 Å². The molecule has 0 saturated heterocycles. The number of ether oxygens (including phenoxy) is 1. The molecule has 29 heavy (non-hydrogen) atoms. The average molecular weight is 488 g/mol. The van der Waals surface area contributed by atoms with Crippen LogP contribution < -0.4 is 4.74 Å². The van der Waals surface area contributed by atoms with Gasteiger partial charge in [0.05, 0.1) is 16.8 Å². The van der Waals surface area contributed by atoms with E-state index in [4.69, 9.17) is 33.0 Å². The van der Waals surface area contributed by atoms with Gasteiger partial charge in [0.2, 0.25) is 6.23 Å². The Kier molecular flexibility index (Phi) is 4.81. The van der Waals surface area contributed by atoms with E-state index in [1.807, 2.05) is 35.3 Å². The molecule has 0 aromatic heterocycles. The van der Waals surface area contributed by atoms with Crippen molar-refractivity contribution in [2.24, 2.45) is 5.10 Å². The fraction of sp³-hybridized carbons (Fsp3) is 0.174. The largest absolute Gasteiger partial charge is 0.463 e. The van der Waals surface area contributed by atoms with Crippen molar-refractivity contribution in [2.45, 2.75) is 25.6 Å². The number of hydrogen-bond acceptors (Lipinski definition) is 3. The molecule has 0 fully saturated rings. The number of hydrogen-bond donors (Lipinski definition) is 0. The fourth-order valence-corrected chi connectivity index (χ4v) is 4.70. The molecule has 0 amide bonds. The van der Waals surface area contributed by atoms with Gasteiger partial charge in [0.15, 0.2) is 0 Å². The van der Waals surface area contributed by atoms with Gasteiger partial charge in [0.25, 0.3) is 0 Å². The molecule has 2 heterocycles. The second kappa shape index (κ2) is 7.35. The Morgan fingerprint density at radius 1 is 1.03 bits per heavy atom. The number of rotatable bonds is 2. The quantitative estimate of drug-likeness (QED) is 0.378. The Bertz CT molecular complexity index is 1110. The second-order valence-electron chi connectivity index (χ2n) is 7.34. The van der Waals surface area contributed by atoms with Crippen LogP contribution in [0.1, 0.15) is 40.9 Å². The Balaban J connectivity index is 1.62. The minimum atomic E-state index is -0.359. The minimum absolute atomic E-state index is 0.0138. The molecule has 146 valence electrons. The summed E-state index contributed by atoms with van der Waals surface area (Å²) in [6.07, 6.45) is 0.408. The number of benzene rings is 3. The Morgan fingerprint density at radius 2 is 1.76 bits per heavy atom. The van der Waals surface area contributed by atoms with Crippen molar-refractivity contribution >= 4 is 44.8 Å². The molecule has 6 heteroatoms. The van der Waals surface area contributed by atoms with E-state index in [9.17, 15) is 0 Å². The van der Waals surface area contributed by atoms with Crippen LogP contribution in [0.4, 0.5) is 0 Å². The third kappa shape index (κ3) is 3.43. The van der Waals surface area contributed by atoms with E-state index in [0.29, 0.717) is 15.8 Å². The summed E-state index contributed by atoms with van der Waals surface area (Å²) in [5, 5.41) is 8.14. The summed E-state index contributed by atoms with van der Waals surface area (Å²) in [4.78, 5) is 0. The molecular weight excluding hydrogens is 471 g/mol. The van der Waals surface area contributed by atoms with Crippen molar-refractivity contribution in [3.05, 3.63) is 97.4 Å². The van der Waals surface area contributed by atoms with Gasteiger partial charge in [0, 0.05) is 27.0 Å². The maximum Gasteiger partial charge on any atom is 0.213 e. The van der Waals surface area contributed by atoms with Crippen LogP contribution in [0.5, 0.6) is 5.75 Å². The van der Waals surface area contributed by atoms with Crippen LogP contribution in [0.25, 0.3) is 0 Å². The van der Waals surface area contributed by atoms with Crippen LogP contribution in [0, 0.1) is 6.92 Å². The molecule has 0 spiro atoms. The number of fused-ring (bicyclic) bond motifs is 3. The topological polar surface area (TPSA) is 24.8 Å². The van der Waals surface area contributed by atoms with Gasteiger partial charge in [-0.2, -0.15) is 5.10 Å². The molecule has 0 bridgehead atoms. The van der Waals surface area contributed by atoms with Gasteiger partial charge in [0.1, 0.15) is 5.75 Å². The lowest BCUT2D eigenvalue weighted by Gasteiger charge is -2.38. The summed E-state index contributed by atoms with van der Waals surface area (Å²) in [5.41, 5.74) is 5.37. The molecule has 3 aromatic carbocycles. The van der Waals surface area contributed by atoms with E-state index < -0.39 is 0 Å². The van der Waals surface area contributed by atoms with Crippen molar-refractivity contribution in [1.29, 1.82) is 0 Å². The lowest BCUT2D eigenvalue weighted by atomic mass is 9.95. The molecule has 2 atom stereocenters. The average Bonchev–Trinajstić information content (AvgIpc) is 3.14. The van der Waals surface area contributed by atoms with Gasteiger partial charge >= 0.3 is 0 Å². The zero-order valence-corrected chi connectivity index (χ0v) is 18.7. The summed E-state index contributed by atoms with van der Waals surface area (Å²) in [7, 11) is 0. The van der Waals surface area contributed by atoms with E-state index in [-0.39, 0.29) is 12.3 Å². The molecule has 2 aliphatic rings. The summed E-state index contributed by atoms with van der Waals surface area (Å²) in [5.74, 6) is 0.686. The number of aryl methyl sites for hydroxylation is 1. The monoisotopic (exact) mass is 486 g/mol. The molecule has 3 nitrogen and oxygen atoms in total. The first-order chi connectivity index (χ1) is 14.0. The summed E-state index contributed by atoms with van der Waals surface area (Å²) in [6, 6.07) is 20.2. The molecule has 5 rings (SSSR count). The molecule has 2 aliphatic heterocycles. The third-order valence-corrected chi connectivity index (χ3v) is 6.38. The first kappa shape index (κ1) is 19.0. The van der Waals surface area contributed by atoms with Crippen LogP contribution >= 0.6 is 39.1 Å². The van der Waals surface area contributed by atoms with Gasteiger partial charge < -0.3 is 4.74 Å². The lowest BCUT2D eigenvalue weighted by molar-refractivity contribution is -0.0189. The van der Waals surface area contributed by atoms with Crippen molar-refractivity contribution in [1.82, 2.24) is 5.01 Å². The summed E-state index contributed by atoms with van der Waals surface area (Å²) >= 11 is 16.3. The molecule has 0 unspecified atom stereocenters. The van der Waals surface area contributed by atoms with E-state index in [2.05, 4.69) is 47.1 Å². The predicted octanol–water partition coefficient (Wildman–Crippen LogP) is 7.31. The van der Waals surface area contributed by atoms with Gasteiger partial charge in [-0.1, -0.05) is 81.1 Å². The Morgan fingerprint density at radius 3 is 2.48 bits per heavy atom. The number of halogens is 3. The van der Waals surface area contributed by atoms with Crippen LogP contribution in [0.15, 0.2) is 70.2 Å². The first-order valence-electron chi connectivity index (χ1n) is 9.33. The maximum absolute atomic E-state index is 6.51. The van der Waals surface area contributed by atoms with Crippen LogP contribution in [-0.2, 0) is 0 Å². The molecular formula is C23H17BrCl2N2O. The summed E-state index contributed by atoms with van der Waals surface area (Å²) < 4.78 is 7.39. The van der Waals surface area contributed by atoms with E-state index in [0.717, 1.165) is 33.3 Å². The maximum atomic E-state index is 6.51. The van der Waals surface area contributed by atoms with Crippen molar-refractivity contribution in [2.75, 3.05) is 0 Å². The predicted molar refractivity (Wildman–Crippen MR) is 121 cm³/mol. The van der Waals surface area contributed by atoms with Gasteiger partial charge in [-0.05, 0) is 36.8 Å². The third-order valence-electron chi connectivity index (χ3n) is 5.35. The highest BCUT2D eigenvalue weighted by Gasteiger charge is 2.42. The fourth-order valence-electron chi connectivity index (χ4n) is 3.88. The first-order valence-corrected chi connectivity index (χ1v) is 10.9. The summed E-state index contributed by atoms with van der Waals surface area (Å²) in [6.45, 7) is 2.08. The normalized spacial score (nSPS) is 20.0.